The second kappa shape index (κ2) is 11.0. The molecule has 2 aromatic rings. The molecule has 3 rings (SSSR count). The minimum atomic E-state index is -1.02. The molecular formula is C24H32N6O5. The number of hydrogen-bond donors (Lipinski definition) is 6. The van der Waals surface area contributed by atoms with Gasteiger partial charge in [0.25, 0.3) is 0 Å². The van der Waals surface area contributed by atoms with Crippen molar-refractivity contribution < 1.29 is 24.0 Å². The van der Waals surface area contributed by atoms with Crippen LogP contribution < -0.4 is 26.6 Å². The molecule has 1 fully saturated rings. The molecular weight excluding hydrogens is 452 g/mol. The number of benzene rings is 1. The van der Waals surface area contributed by atoms with Crippen LogP contribution in [0.2, 0.25) is 0 Å². The zero-order valence-electron chi connectivity index (χ0n) is 20.2. The molecule has 2 heterocycles. The maximum Gasteiger partial charge on any atom is 0.243 e. The maximum atomic E-state index is 13.1. The number of carbonyl (C=O) groups excluding carboxylic acids is 5. The first-order chi connectivity index (χ1) is 16.5. The van der Waals surface area contributed by atoms with Gasteiger partial charge >= 0.3 is 0 Å². The van der Waals surface area contributed by atoms with E-state index < -0.39 is 53.7 Å². The SMILES string of the molecule is CC(C)[C@@H]1NC(=O)CNC(=O)[C@@H](C)NC(=O)C(Cc2cc3ccccc3[nH]2)NC(=O)[C@@H](C)NC1=O. The van der Waals surface area contributed by atoms with Gasteiger partial charge in [-0.1, -0.05) is 32.0 Å². The number of para-hydroxylation sites is 1. The molecule has 11 nitrogen and oxygen atoms in total. The minimum absolute atomic E-state index is 0.135. The molecule has 35 heavy (non-hydrogen) atoms. The lowest BCUT2D eigenvalue weighted by atomic mass is 10.0. The molecule has 0 spiro atoms. The normalized spacial score (nSPS) is 25.1. The summed E-state index contributed by atoms with van der Waals surface area (Å²) in [6.45, 7) is 6.12. The summed E-state index contributed by atoms with van der Waals surface area (Å²) < 4.78 is 0. The lowest BCUT2D eigenvalue weighted by molar-refractivity contribution is -0.133. The van der Waals surface area contributed by atoms with Gasteiger partial charge in [-0.25, -0.2) is 0 Å². The van der Waals surface area contributed by atoms with Gasteiger partial charge in [0, 0.05) is 17.6 Å². The number of aromatic amines is 1. The van der Waals surface area contributed by atoms with Crippen molar-refractivity contribution in [2.45, 2.75) is 58.3 Å². The molecule has 188 valence electrons. The molecule has 1 aromatic heterocycles. The molecule has 6 N–H and O–H groups in total. The third-order valence-corrected chi connectivity index (χ3v) is 5.84. The van der Waals surface area contributed by atoms with Crippen LogP contribution in [0.15, 0.2) is 30.3 Å². The summed E-state index contributed by atoms with van der Waals surface area (Å²) in [6.07, 6.45) is 0.135. The number of carbonyl (C=O) groups is 5. The molecule has 0 saturated carbocycles. The van der Waals surface area contributed by atoms with Crippen molar-refractivity contribution in [1.29, 1.82) is 0 Å². The highest BCUT2D eigenvalue weighted by molar-refractivity contribution is 5.97. The Morgan fingerprint density at radius 2 is 1.49 bits per heavy atom. The molecule has 0 aliphatic carbocycles. The number of aromatic nitrogens is 1. The summed E-state index contributed by atoms with van der Waals surface area (Å²) in [5, 5.41) is 13.9. The van der Waals surface area contributed by atoms with Crippen LogP contribution in [0.3, 0.4) is 0 Å². The molecule has 0 bridgehead atoms. The summed E-state index contributed by atoms with van der Waals surface area (Å²) in [7, 11) is 0. The maximum absolute atomic E-state index is 13.1. The van der Waals surface area contributed by atoms with Crippen LogP contribution in [0.5, 0.6) is 0 Å². The topological polar surface area (TPSA) is 161 Å². The number of fused-ring (bicyclic) bond motifs is 1. The smallest absolute Gasteiger partial charge is 0.243 e. The van der Waals surface area contributed by atoms with Gasteiger partial charge in [0.2, 0.25) is 29.5 Å². The van der Waals surface area contributed by atoms with E-state index in [4.69, 9.17) is 0 Å². The number of rotatable bonds is 3. The first kappa shape index (κ1) is 25.7. The van der Waals surface area contributed by atoms with E-state index in [0.717, 1.165) is 10.9 Å². The number of H-pyrrole nitrogens is 1. The van der Waals surface area contributed by atoms with Gasteiger partial charge in [-0.15, -0.1) is 0 Å². The van der Waals surface area contributed by atoms with Gasteiger partial charge in [-0.3, -0.25) is 24.0 Å². The molecule has 4 atom stereocenters. The van der Waals surface area contributed by atoms with Crippen LogP contribution in [-0.4, -0.2) is 65.2 Å². The van der Waals surface area contributed by atoms with Crippen molar-refractivity contribution in [2.24, 2.45) is 5.92 Å². The van der Waals surface area contributed by atoms with Crippen LogP contribution in [0.25, 0.3) is 10.9 Å². The Bertz CT molecular complexity index is 1090. The molecule has 1 aromatic carbocycles. The molecule has 0 radical (unpaired) electrons. The van der Waals surface area contributed by atoms with Gasteiger partial charge in [0.1, 0.15) is 24.2 Å². The highest BCUT2D eigenvalue weighted by Gasteiger charge is 2.31. The van der Waals surface area contributed by atoms with E-state index in [9.17, 15) is 24.0 Å². The fraction of sp³-hybridized carbons (Fsp3) is 0.458. The van der Waals surface area contributed by atoms with Crippen LogP contribution in [0, 0.1) is 5.92 Å². The minimum Gasteiger partial charge on any atom is -0.358 e. The standard InChI is InChI=1S/C24H32N6O5/c1-12(2)20-24(35)27-14(4)22(33)29-18(10-16-9-15-7-5-6-8-17(15)28-16)23(34)26-13(3)21(32)25-11-19(31)30-20/h5-9,12-14,18,20,28H,10-11H2,1-4H3,(H,25,32)(H,26,34)(H,27,35)(H,29,33)(H,30,31)/t13-,14-,18?,20+/m1/s1. The summed E-state index contributed by atoms with van der Waals surface area (Å²) in [6, 6.07) is 5.64. The Morgan fingerprint density at radius 1 is 0.829 bits per heavy atom. The van der Waals surface area contributed by atoms with Crippen molar-refractivity contribution in [3.63, 3.8) is 0 Å². The van der Waals surface area contributed by atoms with Crippen molar-refractivity contribution in [1.82, 2.24) is 31.6 Å². The molecule has 1 aliphatic rings. The van der Waals surface area contributed by atoms with Gasteiger partial charge in [0.05, 0.1) is 6.54 Å². The van der Waals surface area contributed by atoms with Crippen molar-refractivity contribution in [2.75, 3.05) is 6.54 Å². The van der Waals surface area contributed by atoms with Crippen LogP contribution in [0.1, 0.15) is 33.4 Å². The van der Waals surface area contributed by atoms with Crippen LogP contribution >= 0.6 is 0 Å². The summed E-state index contributed by atoms with van der Waals surface area (Å²) in [5.41, 5.74) is 1.60. The van der Waals surface area contributed by atoms with Crippen molar-refractivity contribution in [3.8, 4) is 0 Å². The molecule has 1 unspecified atom stereocenters. The fourth-order valence-electron chi connectivity index (χ4n) is 3.80. The fourth-order valence-corrected chi connectivity index (χ4v) is 3.80. The summed E-state index contributed by atoms with van der Waals surface area (Å²) in [5.74, 6) is -3.08. The Labute approximate surface area is 203 Å². The first-order valence-corrected chi connectivity index (χ1v) is 11.6. The van der Waals surface area contributed by atoms with E-state index in [-0.39, 0.29) is 18.9 Å². The van der Waals surface area contributed by atoms with Crippen molar-refractivity contribution in [3.05, 3.63) is 36.0 Å². The van der Waals surface area contributed by atoms with Crippen molar-refractivity contribution >= 4 is 40.4 Å². The zero-order chi connectivity index (χ0) is 25.7. The highest BCUT2D eigenvalue weighted by atomic mass is 16.2. The van der Waals surface area contributed by atoms with E-state index in [2.05, 4.69) is 31.6 Å². The van der Waals surface area contributed by atoms with Gasteiger partial charge in [-0.2, -0.15) is 0 Å². The Hall–Kier alpha value is -3.89. The average molecular weight is 485 g/mol. The highest BCUT2D eigenvalue weighted by Crippen LogP contribution is 2.16. The Kier molecular flexibility index (Phi) is 8.10. The number of hydrogen-bond acceptors (Lipinski definition) is 5. The second-order valence-electron chi connectivity index (χ2n) is 9.11. The summed E-state index contributed by atoms with van der Waals surface area (Å²) >= 11 is 0. The molecule has 1 aliphatic heterocycles. The van der Waals surface area contributed by atoms with E-state index in [1.54, 1.807) is 13.8 Å². The molecule has 5 amide bonds. The third kappa shape index (κ3) is 6.58. The van der Waals surface area contributed by atoms with E-state index >= 15 is 0 Å². The van der Waals surface area contributed by atoms with E-state index in [1.165, 1.54) is 13.8 Å². The van der Waals surface area contributed by atoms with Crippen LogP contribution in [0.4, 0.5) is 0 Å². The lowest BCUT2D eigenvalue weighted by Gasteiger charge is -2.25. The predicted octanol–water partition coefficient (Wildman–Crippen LogP) is -0.525. The molecule has 11 heteroatoms. The average Bonchev–Trinajstić information content (AvgIpc) is 3.21. The molecule has 1 saturated heterocycles. The predicted molar refractivity (Wildman–Crippen MR) is 129 cm³/mol. The monoisotopic (exact) mass is 484 g/mol. The Balaban J connectivity index is 1.87. The quantitative estimate of drug-likeness (QED) is 0.345. The summed E-state index contributed by atoms with van der Waals surface area (Å²) in [4.78, 5) is 66.7. The number of amides is 5. The van der Waals surface area contributed by atoms with E-state index in [1.807, 2.05) is 30.3 Å². The zero-order valence-corrected chi connectivity index (χ0v) is 20.2. The second-order valence-corrected chi connectivity index (χ2v) is 9.11. The van der Waals surface area contributed by atoms with Gasteiger partial charge < -0.3 is 31.6 Å². The van der Waals surface area contributed by atoms with Gasteiger partial charge in [0.15, 0.2) is 0 Å². The van der Waals surface area contributed by atoms with Gasteiger partial charge in [-0.05, 0) is 37.3 Å². The third-order valence-electron chi connectivity index (χ3n) is 5.84. The van der Waals surface area contributed by atoms with Crippen LogP contribution in [-0.2, 0) is 30.4 Å². The Morgan fingerprint density at radius 3 is 2.17 bits per heavy atom. The number of nitrogens with one attached hydrogen (secondary N) is 6. The largest absolute Gasteiger partial charge is 0.358 e. The lowest BCUT2D eigenvalue weighted by Crippen LogP contribution is -2.57. The van der Waals surface area contributed by atoms with E-state index in [0.29, 0.717) is 5.69 Å². The first-order valence-electron chi connectivity index (χ1n) is 11.6.